The van der Waals surface area contributed by atoms with Gasteiger partial charge in [-0.05, 0) is 88.0 Å². The summed E-state index contributed by atoms with van der Waals surface area (Å²) in [5.74, 6) is -1.08. The van der Waals surface area contributed by atoms with Gasteiger partial charge in [-0.2, -0.15) is 5.10 Å². The zero-order valence-electron chi connectivity index (χ0n) is 34.1. The molecule has 0 aromatic heterocycles. The van der Waals surface area contributed by atoms with Crippen LogP contribution in [0.15, 0.2) is 101 Å². The Hall–Kier alpha value is -4.68. The second kappa shape index (κ2) is 16.3. The molecule has 0 saturated carbocycles. The number of fused-ring (bicyclic) bond motifs is 3. The molecule has 300 valence electrons. The Kier molecular flexibility index (Phi) is 11.6. The number of anilines is 2. The number of aliphatic hydroxyl groups is 1. The molecule has 3 aromatic rings. The summed E-state index contributed by atoms with van der Waals surface area (Å²) in [6, 6.07) is 23.0. The van der Waals surface area contributed by atoms with Gasteiger partial charge >= 0.3 is 0 Å². The number of carbonyl (C=O) groups is 3. The van der Waals surface area contributed by atoms with Crippen molar-refractivity contribution in [2.45, 2.75) is 109 Å². The number of amides is 3. The molecule has 1 spiro atoms. The van der Waals surface area contributed by atoms with Crippen LogP contribution in [0.4, 0.5) is 11.4 Å². The molecule has 0 aliphatic carbocycles. The molecule has 2 N–H and O–H groups in total. The van der Waals surface area contributed by atoms with Crippen LogP contribution in [0.3, 0.4) is 0 Å². The quantitative estimate of drug-likeness (QED) is 0.154. The van der Waals surface area contributed by atoms with E-state index >= 15 is 4.79 Å². The van der Waals surface area contributed by atoms with Gasteiger partial charge in [-0.1, -0.05) is 84.8 Å². The maximum absolute atomic E-state index is 15.2. The van der Waals surface area contributed by atoms with Crippen molar-refractivity contribution in [1.29, 1.82) is 0 Å². The van der Waals surface area contributed by atoms with E-state index in [0.29, 0.717) is 42.9 Å². The fourth-order valence-electron chi connectivity index (χ4n) is 9.44. The summed E-state index contributed by atoms with van der Waals surface area (Å²) in [6.07, 6.45) is 6.61. The SMILES string of the molecule is CC(C)=CCC/C(C)=C/CN1C(=O)[C@]2(O[C@H](CC(=O)N3Cc4ccccc4C[C@H]3CO)[C@@H]([Si](C)(C)O)[C@@H]2C)c2cc(N3N=C(c4ccccc4)CCC3=O)ccc21. The monoisotopic (exact) mass is 788 g/mol. The smallest absolute Gasteiger partial charge is 0.264 e. The first kappa shape index (κ1) is 40.5. The number of ether oxygens (including phenoxy) is 1. The number of aliphatic hydroxyl groups excluding tert-OH is 1. The average Bonchev–Trinajstić information content (AvgIpc) is 3.62. The summed E-state index contributed by atoms with van der Waals surface area (Å²) in [6.45, 7) is 12.4. The molecule has 0 bridgehead atoms. The number of hydrazone groups is 1. The molecule has 4 heterocycles. The molecule has 5 atom stereocenters. The highest BCUT2D eigenvalue weighted by Gasteiger charge is 2.66. The maximum atomic E-state index is 15.2. The number of rotatable bonds is 11. The predicted octanol–water partition coefficient (Wildman–Crippen LogP) is 7.39. The van der Waals surface area contributed by atoms with Crippen molar-refractivity contribution in [3.05, 3.63) is 118 Å². The highest BCUT2D eigenvalue weighted by Crippen LogP contribution is 2.60. The van der Waals surface area contributed by atoms with Crippen LogP contribution in [0.25, 0.3) is 0 Å². The average molecular weight is 789 g/mol. The second-order valence-corrected chi connectivity index (χ2v) is 21.0. The van der Waals surface area contributed by atoms with Crippen molar-refractivity contribution in [3.63, 3.8) is 0 Å². The molecule has 57 heavy (non-hydrogen) atoms. The number of carbonyl (C=O) groups excluding carboxylic acids is 3. The molecule has 3 aromatic carbocycles. The largest absolute Gasteiger partial charge is 0.432 e. The Balaban J connectivity index is 1.28. The molecule has 0 radical (unpaired) electrons. The zero-order chi connectivity index (χ0) is 40.6. The van der Waals surface area contributed by atoms with Gasteiger partial charge in [0.1, 0.15) is 0 Å². The van der Waals surface area contributed by atoms with Crippen molar-refractivity contribution in [2.24, 2.45) is 11.0 Å². The van der Waals surface area contributed by atoms with Gasteiger partial charge in [0.05, 0.1) is 42.3 Å². The number of benzene rings is 3. The van der Waals surface area contributed by atoms with E-state index < -0.39 is 31.5 Å². The Morgan fingerprint density at radius 1 is 0.982 bits per heavy atom. The summed E-state index contributed by atoms with van der Waals surface area (Å²) in [5, 5.41) is 16.7. The minimum absolute atomic E-state index is 0.0482. The van der Waals surface area contributed by atoms with E-state index in [1.807, 2.05) is 92.8 Å². The van der Waals surface area contributed by atoms with Crippen LogP contribution >= 0.6 is 0 Å². The lowest BCUT2D eigenvalue weighted by Gasteiger charge is -2.37. The van der Waals surface area contributed by atoms with Gasteiger partial charge in [0.2, 0.25) is 11.8 Å². The van der Waals surface area contributed by atoms with Crippen LogP contribution in [0.1, 0.15) is 82.1 Å². The van der Waals surface area contributed by atoms with E-state index in [4.69, 9.17) is 9.84 Å². The second-order valence-electron chi connectivity index (χ2n) is 17.0. The van der Waals surface area contributed by atoms with Crippen LogP contribution in [0.5, 0.6) is 0 Å². The van der Waals surface area contributed by atoms with Gasteiger partial charge in [-0.15, -0.1) is 0 Å². The summed E-state index contributed by atoms with van der Waals surface area (Å²) in [4.78, 5) is 58.5. The van der Waals surface area contributed by atoms with E-state index in [9.17, 15) is 19.5 Å². The third-order valence-electron chi connectivity index (χ3n) is 12.3. The first-order chi connectivity index (χ1) is 27.2. The number of hydrogen-bond donors (Lipinski definition) is 2. The Labute approximate surface area is 337 Å². The van der Waals surface area contributed by atoms with Crippen LogP contribution in [0, 0.1) is 5.92 Å². The molecule has 1 fully saturated rings. The maximum Gasteiger partial charge on any atom is 0.264 e. The fraction of sp³-hybridized carbons (Fsp3) is 0.435. The molecule has 4 aliphatic rings. The third kappa shape index (κ3) is 7.82. The number of allylic oxidation sites excluding steroid dienone is 3. The molecule has 1 saturated heterocycles. The van der Waals surface area contributed by atoms with E-state index in [1.54, 1.807) is 9.80 Å². The van der Waals surface area contributed by atoms with E-state index in [0.717, 1.165) is 40.8 Å². The normalized spacial score (nSPS) is 24.8. The van der Waals surface area contributed by atoms with Gasteiger partial charge in [0.15, 0.2) is 13.9 Å². The molecular formula is C46H56N4O6Si. The van der Waals surface area contributed by atoms with Crippen LogP contribution in [0.2, 0.25) is 18.6 Å². The van der Waals surface area contributed by atoms with Gasteiger partial charge in [0.25, 0.3) is 5.91 Å². The standard InChI is InChI=1S/C46H56N4O6Si/c1-30(2)13-12-14-31(3)23-24-48-40-21-19-36(50-42(52)22-20-39(47-50)33-15-8-7-9-16-33)26-38(40)46(45(48)54)32(4)44(57(5,6)55)41(56-46)27-43(53)49-28-35-18-11-10-17-34(35)25-37(49)29-51/h7-11,13,15-19,21,23,26,32,37,41,44,51,55H,12,14,20,22,24-25,27-29H2,1-6H3/b31-23+/t32-,37-,41+,44-,46+/m0/s1. The summed E-state index contributed by atoms with van der Waals surface area (Å²) < 4.78 is 7.09. The van der Waals surface area contributed by atoms with E-state index in [-0.39, 0.29) is 43.2 Å². The summed E-state index contributed by atoms with van der Waals surface area (Å²) >= 11 is 0. The Bertz CT molecular complexity index is 2120. The van der Waals surface area contributed by atoms with Crippen molar-refractivity contribution in [3.8, 4) is 0 Å². The van der Waals surface area contributed by atoms with E-state index in [1.165, 1.54) is 10.6 Å². The Morgan fingerprint density at radius 3 is 2.40 bits per heavy atom. The van der Waals surface area contributed by atoms with Gasteiger partial charge < -0.3 is 24.4 Å². The van der Waals surface area contributed by atoms with Crippen LogP contribution in [-0.4, -0.2) is 71.9 Å². The molecular weight excluding hydrogens is 733 g/mol. The number of hydrogen-bond acceptors (Lipinski definition) is 7. The fourth-order valence-corrected chi connectivity index (χ4v) is 12.0. The minimum atomic E-state index is -3.10. The molecule has 4 aliphatic heterocycles. The molecule has 7 rings (SSSR count). The molecule has 11 heteroatoms. The molecule has 3 amide bonds. The summed E-state index contributed by atoms with van der Waals surface area (Å²) in [5.41, 5.74) is 6.14. The van der Waals surface area contributed by atoms with E-state index in [2.05, 4.69) is 32.9 Å². The first-order valence-electron chi connectivity index (χ1n) is 20.3. The Morgan fingerprint density at radius 2 is 1.70 bits per heavy atom. The van der Waals surface area contributed by atoms with Gasteiger partial charge in [0, 0.05) is 43.0 Å². The molecule has 10 nitrogen and oxygen atoms in total. The van der Waals surface area contributed by atoms with Crippen molar-refractivity contribution >= 4 is 43.1 Å². The van der Waals surface area contributed by atoms with Gasteiger partial charge in [-0.25, -0.2) is 5.01 Å². The lowest BCUT2D eigenvalue weighted by atomic mass is 9.82. The van der Waals surface area contributed by atoms with Crippen LogP contribution in [-0.2, 0) is 37.7 Å². The summed E-state index contributed by atoms with van der Waals surface area (Å²) in [7, 11) is -3.10. The third-order valence-corrected chi connectivity index (χ3v) is 14.8. The van der Waals surface area contributed by atoms with Crippen LogP contribution < -0.4 is 9.91 Å². The minimum Gasteiger partial charge on any atom is -0.432 e. The van der Waals surface area contributed by atoms with Crippen molar-refractivity contribution < 1.29 is 29.0 Å². The molecule has 0 unspecified atom stereocenters. The predicted molar refractivity (Wildman–Crippen MR) is 226 cm³/mol. The first-order valence-corrected chi connectivity index (χ1v) is 23.3. The number of nitrogens with zero attached hydrogens (tertiary/aromatic N) is 4. The van der Waals surface area contributed by atoms with Crippen molar-refractivity contribution in [1.82, 2.24) is 4.90 Å². The highest BCUT2D eigenvalue weighted by molar-refractivity contribution is 6.71. The lowest BCUT2D eigenvalue weighted by molar-refractivity contribution is -0.150. The topological polar surface area (TPSA) is 123 Å². The van der Waals surface area contributed by atoms with Gasteiger partial charge in [-0.3, -0.25) is 14.4 Å². The zero-order valence-corrected chi connectivity index (χ0v) is 35.1. The lowest BCUT2D eigenvalue weighted by Crippen LogP contribution is -2.48. The van der Waals surface area contributed by atoms with Crippen molar-refractivity contribution in [2.75, 3.05) is 23.1 Å². The highest BCUT2D eigenvalue weighted by atomic mass is 28.4.